The summed E-state index contributed by atoms with van der Waals surface area (Å²) in [6, 6.07) is 5.76. The number of fused-ring (bicyclic) bond motifs is 1. The smallest absolute Gasteiger partial charge is 0.0913 e. The van der Waals surface area contributed by atoms with E-state index >= 15 is 0 Å². The van der Waals surface area contributed by atoms with Gasteiger partial charge in [0.25, 0.3) is 0 Å². The Balaban J connectivity index is 2.73. The molecule has 0 radical (unpaired) electrons. The van der Waals surface area contributed by atoms with Gasteiger partial charge < -0.3 is 5.43 Å². The minimum Gasteiger partial charge on any atom is -0.323 e. The number of rotatable bonds is 3. The molecule has 0 aliphatic rings. The van der Waals surface area contributed by atoms with E-state index < -0.39 is 0 Å². The zero-order chi connectivity index (χ0) is 12.4. The van der Waals surface area contributed by atoms with Crippen LogP contribution in [0.5, 0.6) is 0 Å². The molecular weight excluding hydrogens is 302 g/mol. The summed E-state index contributed by atoms with van der Waals surface area (Å²) in [6.45, 7) is 2.12. The molecular formula is C12H13BrClN3. The van der Waals surface area contributed by atoms with Gasteiger partial charge in [0.05, 0.1) is 16.2 Å². The van der Waals surface area contributed by atoms with Gasteiger partial charge in [-0.3, -0.25) is 10.8 Å². The fourth-order valence-electron chi connectivity index (χ4n) is 1.81. The molecule has 0 spiro atoms. The van der Waals surface area contributed by atoms with Crippen molar-refractivity contribution in [2.75, 3.05) is 5.43 Å². The first kappa shape index (κ1) is 12.6. The maximum absolute atomic E-state index is 6.20. The van der Waals surface area contributed by atoms with Crippen LogP contribution in [-0.2, 0) is 6.42 Å². The van der Waals surface area contributed by atoms with Crippen LogP contribution in [0.15, 0.2) is 22.7 Å². The summed E-state index contributed by atoms with van der Waals surface area (Å²) in [6.07, 6.45) is 1.95. The molecule has 0 unspecified atom stereocenters. The van der Waals surface area contributed by atoms with Gasteiger partial charge in [0.2, 0.25) is 0 Å². The van der Waals surface area contributed by atoms with Crippen molar-refractivity contribution in [2.45, 2.75) is 19.8 Å². The van der Waals surface area contributed by atoms with E-state index in [1.54, 1.807) is 0 Å². The lowest BCUT2D eigenvalue weighted by Crippen LogP contribution is -2.08. The molecule has 0 amide bonds. The number of hydrazine groups is 1. The third-order valence-electron chi connectivity index (χ3n) is 2.55. The normalized spacial score (nSPS) is 10.8. The minimum absolute atomic E-state index is 0.629. The molecule has 0 saturated carbocycles. The number of hydrogen-bond acceptors (Lipinski definition) is 3. The van der Waals surface area contributed by atoms with Gasteiger partial charge in [0.1, 0.15) is 0 Å². The zero-order valence-electron chi connectivity index (χ0n) is 9.43. The van der Waals surface area contributed by atoms with E-state index in [1.807, 2.05) is 18.2 Å². The van der Waals surface area contributed by atoms with Gasteiger partial charge >= 0.3 is 0 Å². The Bertz CT molecular complexity index is 557. The molecule has 17 heavy (non-hydrogen) atoms. The molecule has 3 nitrogen and oxygen atoms in total. The maximum Gasteiger partial charge on any atom is 0.0913 e. The highest BCUT2D eigenvalue weighted by Gasteiger charge is 2.09. The van der Waals surface area contributed by atoms with Crippen LogP contribution in [0.1, 0.15) is 19.0 Å². The van der Waals surface area contributed by atoms with Crippen molar-refractivity contribution in [2.24, 2.45) is 5.84 Å². The lowest BCUT2D eigenvalue weighted by molar-refractivity contribution is 0.890. The van der Waals surface area contributed by atoms with E-state index in [2.05, 4.69) is 33.3 Å². The summed E-state index contributed by atoms with van der Waals surface area (Å²) in [5.41, 5.74) is 5.34. The maximum atomic E-state index is 6.20. The number of hydrogen-bond donors (Lipinski definition) is 2. The van der Waals surface area contributed by atoms with Crippen molar-refractivity contribution >= 4 is 44.1 Å². The summed E-state index contributed by atoms with van der Waals surface area (Å²) in [5, 5.41) is 1.55. The number of aromatic nitrogens is 1. The van der Waals surface area contributed by atoms with Crippen LogP contribution in [0.3, 0.4) is 0 Å². The monoisotopic (exact) mass is 313 g/mol. The number of anilines is 1. The number of pyridine rings is 1. The molecule has 0 aliphatic heterocycles. The van der Waals surface area contributed by atoms with Crippen LogP contribution in [0.25, 0.3) is 10.9 Å². The van der Waals surface area contributed by atoms with Gasteiger partial charge in [-0.25, -0.2) is 0 Å². The van der Waals surface area contributed by atoms with Gasteiger partial charge in [-0.2, -0.15) is 0 Å². The predicted octanol–water partition coefficient (Wildman–Crippen LogP) is 3.89. The molecule has 0 saturated heterocycles. The largest absolute Gasteiger partial charge is 0.323 e. The molecule has 0 bridgehead atoms. The number of halogens is 2. The van der Waals surface area contributed by atoms with E-state index in [4.69, 9.17) is 17.4 Å². The molecule has 90 valence electrons. The van der Waals surface area contributed by atoms with Gasteiger partial charge in [-0.05, 0) is 24.6 Å². The Hall–Kier alpha value is -0.840. The molecule has 1 aromatic heterocycles. The number of nitrogens with two attached hydrogens (primary N) is 1. The lowest BCUT2D eigenvalue weighted by atomic mass is 10.1. The van der Waals surface area contributed by atoms with Crippen LogP contribution in [0.2, 0.25) is 5.02 Å². The predicted molar refractivity (Wildman–Crippen MR) is 76.3 cm³/mol. The highest BCUT2D eigenvalue weighted by atomic mass is 79.9. The summed E-state index contributed by atoms with van der Waals surface area (Å²) in [4.78, 5) is 4.57. The molecule has 1 heterocycles. The first-order valence-electron chi connectivity index (χ1n) is 5.41. The molecule has 5 heteroatoms. The van der Waals surface area contributed by atoms with Crippen molar-refractivity contribution in [1.82, 2.24) is 4.98 Å². The SMILES string of the molecule is CCCc1cc(NN)c2cc(Br)cc(Cl)c2n1. The minimum atomic E-state index is 0.629. The molecule has 2 rings (SSSR count). The van der Waals surface area contributed by atoms with Gasteiger partial charge in [-0.1, -0.05) is 40.9 Å². The van der Waals surface area contributed by atoms with E-state index in [0.29, 0.717) is 5.02 Å². The van der Waals surface area contributed by atoms with Crippen molar-refractivity contribution < 1.29 is 0 Å². The second kappa shape index (κ2) is 5.21. The Labute approximate surface area is 113 Å². The molecule has 1 aromatic carbocycles. The van der Waals surface area contributed by atoms with Crippen LogP contribution in [0.4, 0.5) is 5.69 Å². The number of nitrogens with zero attached hydrogens (tertiary/aromatic N) is 1. The summed E-state index contributed by atoms with van der Waals surface area (Å²) in [5.74, 6) is 5.54. The van der Waals surface area contributed by atoms with E-state index in [-0.39, 0.29) is 0 Å². The third kappa shape index (κ3) is 2.54. The van der Waals surface area contributed by atoms with E-state index in [0.717, 1.165) is 39.6 Å². The topological polar surface area (TPSA) is 50.9 Å². The second-order valence-corrected chi connectivity index (χ2v) is 5.16. The second-order valence-electron chi connectivity index (χ2n) is 3.84. The van der Waals surface area contributed by atoms with E-state index in [1.165, 1.54) is 0 Å². The summed E-state index contributed by atoms with van der Waals surface area (Å²) >= 11 is 9.62. The summed E-state index contributed by atoms with van der Waals surface area (Å²) in [7, 11) is 0. The standard InChI is InChI=1S/C12H13BrClN3/c1-2-3-8-6-11(17-15)9-4-7(13)5-10(14)12(9)16-8/h4-6H,2-3,15H2,1H3,(H,16,17). The molecule has 0 fully saturated rings. The first-order chi connectivity index (χ1) is 8.15. The average molecular weight is 315 g/mol. The molecule has 2 aromatic rings. The van der Waals surface area contributed by atoms with Crippen LogP contribution >= 0.6 is 27.5 Å². The molecule has 3 N–H and O–H groups in total. The van der Waals surface area contributed by atoms with Crippen LogP contribution < -0.4 is 11.3 Å². The van der Waals surface area contributed by atoms with E-state index in [9.17, 15) is 0 Å². The molecule has 0 aliphatic carbocycles. The van der Waals surface area contributed by atoms with Crippen molar-refractivity contribution in [1.29, 1.82) is 0 Å². The Morgan fingerprint density at radius 1 is 1.41 bits per heavy atom. The van der Waals surface area contributed by atoms with Gasteiger partial charge in [-0.15, -0.1) is 0 Å². The molecule has 0 atom stereocenters. The Kier molecular flexibility index (Phi) is 3.86. The highest BCUT2D eigenvalue weighted by Crippen LogP contribution is 2.31. The van der Waals surface area contributed by atoms with Crippen molar-refractivity contribution in [3.05, 3.63) is 33.4 Å². The summed E-state index contributed by atoms with van der Waals surface area (Å²) < 4.78 is 0.913. The van der Waals surface area contributed by atoms with Crippen LogP contribution in [-0.4, -0.2) is 4.98 Å². The Morgan fingerprint density at radius 2 is 2.18 bits per heavy atom. The quantitative estimate of drug-likeness (QED) is 0.667. The Morgan fingerprint density at radius 3 is 2.82 bits per heavy atom. The average Bonchev–Trinajstić information content (AvgIpc) is 2.29. The lowest BCUT2D eigenvalue weighted by Gasteiger charge is -2.10. The van der Waals surface area contributed by atoms with Crippen molar-refractivity contribution in [3.8, 4) is 0 Å². The third-order valence-corrected chi connectivity index (χ3v) is 3.29. The fraction of sp³-hybridized carbons (Fsp3) is 0.250. The number of nitrogen functional groups attached to an aromatic ring is 1. The van der Waals surface area contributed by atoms with Crippen LogP contribution in [0, 0.1) is 0 Å². The number of benzene rings is 1. The zero-order valence-corrected chi connectivity index (χ0v) is 11.8. The number of nitrogens with one attached hydrogen (secondary N) is 1. The van der Waals surface area contributed by atoms with Crippen molar-refractivity contribution in [3.63, 3.8) is 0 Å². The number of aryl methyl sites for hydroxylation is 1. The first-order valence-corrected chi connectivity index (χ1v) is 6.58. The van der Waals surface area contributed by atoms with Gasteiger partial charge in [0, 0.05) is 15.6 Å². The fourth-order valence-corrected chi connectivity index (χ4v) is 2.66. The van der Waals surface area contributed by atoms with Gasteiger partial charge in [0.15, 0.2) is 0 Å². The highest BCUT2D eigenvalue weighted by molar-refractivity contribution is 9.10.